The first-order chi connectivity index (χ1) is 9.18. The SMILES string of the molecule is CC1(C)CCCN1S(=O)(=O)c1cccc(N)c1[N+](=O)[O-]. The molecule has 1 fully saturated rings. The number of nitrogens with two attached hydrogens (primary N) is 1. The summed E-state index contributed by atoms with van der Waals surface area (Å²) in [6, 6.07) is 3.97. The Bertz CT molecular complexity index is 655. The molecule has 8 heteroatoms. The number of nitro groups is 1. The molecule has 1 heterocycles. The second-order valence-electron chi connectivity index (χ2n) is 5.44. The van der Waals surface area contributed by atoms with Crippen LogP contribution in [0.25, 0.3) is 0 Å². The van der Waals surface area contributed by atoms with Crippen LogP contribution in [0.3, 0.4) is 0 Å². The molecule has 0 spiro atoms. The number of para-hydroxylation sites is 1. The van der Waals surface area contributed by atoms with Crippen LogP contribution in [-0.4, -0.2) is 29.7 Å². The monoisotopic (exact) mass is 299 g/mol. The van der Waals surface area contributed by atoms with E-state index < -0.39 is 26.2 Å². The maximum absolute atomic E-state index is 12.7. The van der Waals surface area contributed by atoms with Gasteiger partial charge in [-0.3, -0.25) is 10.1 Å². The third-order valence-corrected chi connectivity index (χ3v) is 5.75. The number of anilines is 1. The molecule has 7 nitrogen and oxygen atoms in total. The summed E-state index contributed by atoms with van der Waals surface area (Å²) in [6.07, 6.45) is 1.46. The van der Waals surface area contributed by atoms with Gasteiger partial charge in [-0.1, -0.05) is 6.07 Å². The number of nitro benzene ring substituents is 1. The van der Waals surface area contributed by atoms with Gasteiger partial charge in [-0.25, -0.2) is 8.42 Å². The van der Waals surface area contributed by atoms with Crippen LogP contribution in [0.4, 0.5) is 11.4 Å². The van der Waals surface area contributed by atoms with E-state index in [0.717, 1.165) is 12.8 Å². The average Bonchev–Trinajstić information content (AvgIpc) is 2.68. The van der Waals surface area contributed by atoms with Crippen molar-refractivity contribution in [3.63, 3.8) is 0 Å². The summed E-state index contributed by atoms with van der Waals surface area (Å²) in [5, 5.41) is 11.1. The fourth-order valence-corrected chi connectivity index (χ4v) is 4.63. The number of nitrogens with zero attached hydrogens (tertiary/aromatic N) is 2. The first-order valence-corrected chi connectivity index (χ1v) is 7.67. The summed E-state index contributed by atoms with van der Waals surface area (Å²) in [4.78, 5) is 10.0. The van der Waals surface area contributed by atoms with Crippen LogP contribution in [0, 0.1) is 10.1 Å². The average molecular weight is 299 g/mol. The van der Waals surface area contributed by atoms with Gasteiger partial charge in [0.2, 0.25) is 10.0 Å². The van der Waals surface area contributed by atoms with Gasteiger partial charge in [-0.2, -0.15) is 4.31 Å². The number of hydrogen-bond donors (Lipinski definition) is 1. The van der Waals surface area contributed by atoms with Crippen LogP contribution < -0.4 is 5.73 Å². The minimum absolute atomic E-state index is 0.145. The molecule has 1 aromatic carbocycles. The molecular weight excluding hydrogens is 282 g/mol. The lowest BCUT2D eigenvalue weighted by Crippen LogP contribution is -2.42. The van der Waals surface area contributed by atoms with Crippen LogP contribution in [-0.2, 0) is 10.0 Å². The lowest BCUT2D eigenvalue weighted by molar-refractivity contribution is -0.386. The summed E-state index contributed by atoms with van der Waals surface area (Å²) >= 11 is 0. The van der Waals surface area contributed by atoms with Crippen LogP contribution in [0.5, 0.6) is 0 Å². The van der Waals surface area contributed by atoms with E-state index in [-0.39, 0.29) is 10.6 Å². The predicted molar refractivity (Wildman–Crippen MR) is 74.7 cm³/mol. The molecule has 0 atom stereocenters. The summed E-state index contributed by atoms with van der Waals surface area (Å²) in [6.45, 7) is 3.99. The fourth-order valence-electron chi connectivity index (χ4n) is 2.59. The minimum Gasteiger partial charge on any atom is -0.393 e. The highest BCUT2D eigenvalue weighted by Crippen LogP contribution is 2.38. The first-order valence-electron chi connectivity index (χ1n) is 6.23. The van der Waals surface area contributed by atoms with Crippen molar-refractivity contribution in [2.24, 2.45) is 0 Å². The van der Waals surface area contributed by atoms with Gasteiger partial charge in [0.05, 0.1) is 4.92 Å². The summed E-state index contributed by atoms with van der Waals surface area (Å²) in [5.41, 5.74) is 4.32. The Balaban J connectivity index is 2.62. The third-order valence-electron chi connectivity index (χ3n) is 3.61. The summed E-state index contributed by atoms with van der Waals surface area (Å²) in [5.74, 6) is 0. The van der Waals surface area contributed by atoms with Gasteiger partial charge in [0.25, 0.3) is 0 Å². The molecule has 110 valence electrons. The molecule has 1 aliphatic rings. The standard InChI is InChI=1S/C12H17N3O4S/c1-12(2)7-4-8-14(12)20(18,19)10-6-3-5-9(13)11(10)15(16)17/h3,5-6H,4,7-8,13H2,1-2H3. The molecule has 1 aromatic rings. The molecule has 0 saturated carbocycles. The van der Waals surface area contributed by atoms with Crippen molar-refractivity contribution in [1.82, 2.24) is 4.31 Å². The second kappa shape index (κ2) is 4.71. The Kier molecular flexibility index (Phi) is 3.47. The van der Waals surface area contributed by atoms with Gasteiger partial charge in [-0.15, -0.1) is 0 Å². The lowest BCUT2D eigenvalue weighted by atomic mass is 10.0. The van der Waals surface area contributed by atoms with Crippen LogP contribution in [0.1, 0.15) is 26.7 Å². The zero-order valence-electron chi connectivity index (χ0n) is 11.4. The van der Waals surface area contributed by atoms with E-state index in [1.807, 2.05) is 13.8 Å². The third kappa shape index (κ3) is 2.25. The molecule has 20 heavy (non-hydrogen) atoms. The van der Waals surface area contributed by atoms with Gasteiger partial charge in [0.1, 0.15) is 5.69 Å². The van der Waals surface area contributed by atoms with Crippen LogP contribution in [0.2, 0.25) is 0 Å². The fraction of sp³-hybridized carbons (Fsp3) is 0.500. The number of sulfonamides is 1. The molecule has 0 bridgehead atoms. The van der Waals surface area contributed by atoms with Crippen molar-refractivity contribution >= 4 is 21.4 Å². The molecule has 0 aliphatic carbocycles. The van der Waals surface area contributed by atoms with Crippen molar-refractivity contribution in [2.45, 2.75) is 37.1 Å². The Morgan fingerprint density at radius 3 is 2.55 bits per heavy atom. The largest absolute Gasteiger partial charge is 0.393 e. The molecule has 2 N–H and O–H groups in total. The maximum atomic E-state index is 12.7. The molecule has 2 rings (SSSR count). The molecule has 1 aliphatic heterocycles. The minimum atomic E-state index is -3.93. The number of hydrogen-bond acceptors (Lipinski definition) is 5. The second-order valence-corrected chi connectivity index (χ2v) is 7.27. The van der Waals surface area contributed by atoms with E-state index in [2.05, 4.69) is 0 Å². The van der Waals surface area contributed by atoms with E-state index in [1.54, 1.807) is 0 Å². The maximum Gasteiger partial charge on any atom is 0.312 e. The number of nitrogen functional groups attached to an aromatic ring is 1. The van der Waals surface area contributed by atoms with Crippen molar-refractivity contribution in [1.29, 1.82) is 0 Å². The quantitative estimate of drug-likeness (QED) is 0.519. The van der Waals surface area contributed by atoms with E-state index >= 15 is 0 Å². The number of rotatable bonds is 3. The zero-order chi connectivity index (χ0) is 15.1. The highest BCUT2D eigenvalue weighted by molar-refractivity contribution is 7.89. The van der Waals surface area contributed by atoms with Gasteiger partial charge >= 0.3 is 5.69 Å². The summed E-state index contributed by atoms with van der Waals surface area (Å²) in [7, 11) is -3.93. The van der Waals surface area contributed by atoms with E-state index in [1.165, 1.54) is 22.5 Å². The summed E-state index contributed by atoms with van der Waals surface area (Å²) < 4.78 is 26.7. The van der Waals surface area contributed by atoms with Crippen molar-refractivity contribution in [2.75, 3.05) is 12.3 Å². The van der Waals surface area contributed by atoms with Crippen LogP contribution >= 0.6 is 0 Å². The molecule has 0 radical (unpaired) electrons. The lowest BCUT2D eigenvalue weighted by Gasteiger charge is -2.30. The number of benzene rings is 1. The van der Waals surface area contributed by atoms with Crippen molar-refractivity contribution in [3.8, 4) is 0 Å². The van der Waals surface area contributed by atoms with E-state index in [9.17, 15) is 18.5 Å². The predicted octanol–water partition coefficient (Wildman–Crippen LogP) is 1.74. The smallest absolute Gasteiger partial charge is 0.312 e. The highest BCUT2D eigenvalue weighted by Gasteiger charge is 2.43. The van der Waals surface area contributed by atoms with E-state index in [4.69, 9.17) is 5.73 Å². The van der Waals surface area contributed by atoms with Crippen molar-refractivity contribution < 1.29 is 13.3 Å². The van der Waals surface area contributed by atoms with Crippen LogP contribution in [0.15, 0.2) is 23.1 Å². The Hall–Kier alpha value is -1.67. The van der Waals surface area contributed by atoms with Crippen molar-refractivity contribution in [3.05, 3.63) is 28.3 Å². The van der Waals surface area contributed by atoms with E-state index in [0.29, 0.717) is 6.54 Å². The molecule has 0 aromatic heterocycles. The van der Waals surface area contributed by atoms with Gasteiger partial charge in [0.15, 0.2) is 4.90 Å². The normalized spacial score (nSPS) is 19.1. The topological polar surface area (TPSA) is 107 Å². The molecule has 0 unspecified atom stereocenters. The zero-order valence-corrected chi connectivity index (χ0v) is 12.2. The molecule has 1 saturated heterocycles. The Labute approximate surface area is 117 Å². The van der Waals surface area contributed by atoms with Gasteiger partial charge < -0.3 is 5.73 Å². The Morgan fingerprint density at radius 1 is 1.40 bits per heavy atom. The first kappa shape index (κ1) is 14.7. The Morgan fingerprint density at radius 2 is 2.05 bits per heavy atom. The molecule has 0 amide bonds. The van der Waals surface area contributed by atoms with Gasteiger partial charge in [-0.05, 0) is 38.8 Å². The molecular formula is C12H17N3O4S. The highest BCUT2D eigenvalue weighted by atomic mass is 32.2. The van der Waals surface area contributed by atoms with Gasteiger partial charge in [0, 0.05) is 12.1 Å².